The van der Waals surface area contributed by atoms with Gasteiger partial charge in [0, 0.05) is 18.8 Å². The quantitative estimate of drug-likeness (QED) is 0.839. The van der Waals surface area contributed by atoms with Crippen molar-refractivity contribution >= 4 is 45.1 Å². The van der Waals surface area contributed by atoms with E-state index >= 15 is 0 Å². The number of carbonyl (C=O) groups is 1. The third kappa shape index (κ3) is 2.12. The minimum absolute atomic E-state index is 0.00949. The highest BCUT2D eigenvalue weighted by Gasteiger charge is 2.32. The number of anilines is 2. The van der Waals surface area contributed by atoms with Crippen molar-refractivity contribution in [3.63, 3.8) is 0 Å². The maximum absolute atomic E-state index is 11.7. The maximum Gasteiger partial charge on any atom is 0.228 e. The fourth-order valence-corrected chi connectivity index (χ4v) is 2.13. The maximum atomic E-state index is 11.7. The molecule has 2 heterocycles. The first kappa shape index (κ1) is 11.6. The molecule has 2 rings (SSSR count). The Kier molecular flexibility index (Phi) is 3.30. The number of hydrogen-bond acceptors (Lipinski definition) is 4. The van der Waals surface area contributed by atoms with E-state index in [1.165, 1.54) is 6.20 Å². The summed E-state index contributed by atoms with van der Waals surface area (Å²) in [5.41, 5.74) is 5.70. The molecule has 5 nitrogen and oxygen atoms in total. The normalized spacial score (nSPS) is 20.5. The number of carbonyl (C=O) groups excluding carboxylic acids is 1. The molecule has 2 N–H and O–H groups in total. The van der Waals surface area contributed by atoms with Gasteiger partial charge in [-0.1, -0.05) is 0 Å². The van der Waals surface area contributed by atoms with E-state index in [-0.39, 0.29) is 17.6 Å². The van der Waals surface area contributed by atoms with E-state index in [9.17, 15) is 4.79 Å². The van der Waals surface area contributed by atoms with Gasteiger partial charge in [0.25, 0.3) is 0 Å². The topological polar surface area (TPSA) is 72.1 Å². The van der Waals surface area contributed by atoms with Gasteiger partial charge in [0.2, 0.25) is 5.91 Å². The lowest BCUT2D eigenvalue weighted by atomic mass is 10.1. The van der Waals surface area contributed by atoms with Crippen LogP contribution >= 0.6 is 27.5 Å². The molecule has 86 valence electrons. The second kappa shape index (κ2) is 4.55. The summed E-state index contributed by atoms with van der Waals surface area (Å²) in [5.74, 6) is 1.28. The molecule has 7 heteroatoms. The van der Waals surface area contributed by atoms with Gasteiger partial charge >= 0.3 is 0 Å². The first-order chi connectivity index (χ1) is 7.61. The van der Waals surface area contributed by atoms with Crippen molar-refractivity contribution in [1.82, 2.24) is 9.97 Å². The van der Waals surface area contributed by atoms with Gasteiger partial charge in [-0.2, -0.15) is 0 Å². The van der Waals surface area contributed by atoms with E-state index in [1.807, 2.05) is 0 Å². The van der Waals surface area contributed by atoms with Crippen LogP contribution in [0.3, 0.4) is 0 Å². The predicted molar refractivity (Wildman–Crippen MR) is 65.3 cm³/mol. The monoisotopic (exact) mass is 304 g/mol. The third-order valence-corrected chi connectivity index (χ3v) is 3.25. The lowest BCUT2D eigenvalue weighted by Crippen LogP contribution is -2.27. The molecular formula is C9H10BrClN4O. The van der Waals surface area contributed by atoms with Gasteiger partial charge in [-0.25, -0.2) is 9.97 Å². The molecule has 1 atom stereocenters. The molecule has 0 radical (unpaired) electrons. The molecule has 1 aliphatic heterocycles. The molecule has 0 bridgehead atoms. The molecule has 1 aromatic rings. The summed E-state index contributed by atoms with van der Waals surface area (Å²) in [6.45, 7) is 0.553. The first-order valence-corrected chi connectivity index (χ1v) is 6.09. The van der Waals surface area contributed by atoms with Crippen LogP contribution in [0.25, 0.3) is 0 Å². The minimum Gasteiger partial charge on any atom is -0.381 e. The molecule has 1 aromatic heterocycles. The summed E-state index contributed by atoms with van der Waals surface area (Å²) in [4.78, 5) is 21.4. The van der Waals surface area contributed by atoms with Crippen LogP contribution in [0.15, 0.2) is 10.8 Å². The predicted octanol–water partition coefficient (Wildman–Crippen LogP) is 1.41. The lowest BCUT2D eigenvalue weighted by molar-refractivity contribution is -0.117. The molecule has 0 saturated carbocycles. The second-order valence-corrected chi connectivity index (χ2v) is 4.75. The number of nitrogen functional groups attached to an aromatic ring is 1. The van der Waals surface area contributed by atoms with E-state index in [1.54, 1.807) is 4.90 Å². The van der Waals surface area contributed by atoms with Gasteiger partial charge in [-0.05, 0) is 21.8 Å². The van der Waals surface area contributed by atoms with E-state index in [0.29, 0.717) is 29.3 Å². The van der Waals surface area contributed by atoms with E-state index < -0.39 is 0 Å². The van der Waals surface area contributed by atoms with Crippen LogP contribution in [0.4, 0.5) is 11.6 Å². The van der Waals surface area contributed by atoms with Crippen LogP contribution in [0.2, 0.25) is 0 Å². The molecule has 16 heavy (non-hydrogen) atoms. The summed E-state index contributed by atoms with van der Waals surface area (Å²) < 4.78 is 0.554. The number of alkyl halides is 1. The zero-order valence-electron chi connectivity index (χ0n) is 8.36. The Bertz CT molecular complexity index is 428. The Balaban J connectivity index is 2.30. The van der Waals surface area contributed by atoms with Crippen LogP contribution in [0, 0.1) is 5.92 Å². The lowest BCUT2D eigenvalue weighted by Gasteiger charge is -2.16. The molecule has 0 spiro atoms. The Labute approximate surface area is 106 Å². The summed E-state index contributed by atoms with van der Waals surface area (Å²) >= 11 is 8.94. The summed E-state index contributed by atoms with van der Waals surface area (Å²) in [6.07, 6.45) is 1.94. The summed E-state index contributed by atoms with van der Waals surface area (Å²) in [7, 11) is 0. The van der Waals surface area contributed by atoms with Crippen molar-refractivity contribution in [1.29, 1.82) is 0 Å². The number of nitrogens with zero attached hydrogens (tertiary/aromatic N) is 3. The van der Waals surface area contributed by atoms with E-state index in [0.717, 1.165) is 0 Å². The fraction of sp³-hybridized carbons (Fsp3) is 0.444. The van der Waals surface area contributed by atoms with Crippen molar-refractivity contribution in [3.05, 3.63) is 10.8 Å². The number of amides is 1. The van der Waals surface area contributed by atoms with E-state index in [4.69, 9.17) is 17.3 Å². The number of aromatic nitrogens is 2. The summed E-state index contributed by atoms with van der Waals surface area (Å²) in [5, 5.41) is 0. The van der Waals surface area contributed by atoms with Crippen LogP contribution in [-0.2, 0) is 4.79 Å². The number of halogens is 2. The molecular weight excluding hydrogens is 295 g/mol. The van der Waals surface area contributed by atoms with Crippen molar-refractivity contribution in [2.45, 2.75) is 6.42 Å². The highest BCUT2D eigenvalue weighted by molar-refractivity contribution is 9.10. The van der Waals surface area contributed by atoms with Gasteiger partial charge in [0.05, 0.1) is 6.20 Å². The highest BCUT2D eigenvalue weighted by atomic mass is 79.9. The highest BCUT2D eigenvalue weighted by Crippen LogP contribution is 2.28. The Hall–Kier alpha value is -0.880. The van der Waals surface area contributed by atoms with Gasteiger partial charge in [-0.3, -0.25) is 9.69 Å². The third-order valence-electron chi connectivity index (χ3n) is 2.43. The van der Waals surface area contributed by atoms with Crippen molar-refractivity contribution in [3.8, 4) is 0 Å². The molecule has 1 amide bonds. The zero-order chi connectivity index (χ0) is 11.7. The van der Waals surface area contributed by atoms with Gasteiger partial charge in [0.1, 0.15) is 4.60 Å². The average molecular weight is 306 g/mol. The van der Waals surface area contributed by atoms with Gasteiger partial charge in [0.15, 0.2) is 11.6 Å². The van der Waals surface area contributed by atoms with Crippen molar-refractivity contribution in [2.24, 2.45) is 5.92 Å². The standard InChI is InChI=1S/C9H10BrClN4O/c10-6-3-13-8(12)9(14-6)15-4-5(2-11)1-7(15)16/h3,5H,1-2,4H2,(H2,12,13). The fourth-order valence-electron chi connectivity index (χ4n) is 1.66. The van der Waals surface area contributed by atoms with Crippen molar-refractivity contribution in [2.75, 3.05) is 23.1 Å². The molecule has 1 aliphatic rings. The number of rotatable bonds is 2. The minimum atomic E-state index is -0.00949. The van der Waals surface area contributed by atoms with E-state index in [2.05, 4.69) is 25.9 Å². The molecule has 1 unspecified atom stereocenters. The number of hydrogen-bond donors (Lipinski definition) is 1. The van der Waals surface area contributed by atoms with Gasteiger partial charge < -0.3 is 5.73 Å². The molecule has 1 saturated heterocycles. The second-order valence-electron chi connectivity index (χ2n) is 3.63. The molecule has 0 aromatic carbocycles. The Morgan fingerprint density at radius 1 is 1.69 bits per heavy atom. The Morgan fingerprint density at radius 3 is 3.06 bits per heavy atom. The van der Waals surface area contributed by atoms with Crippen molar-refractivity contribution < 1.29 is 4.79 Å². The Morgan fingerprint density at radius 2 is 2.44 bits per heavy atom. The van der Waals surface area contributed by atoms with Gasteiger partial charge in [-0.15, -0.1) is 11.6 Å². The first-order valence-electron chi connectivity index (χ1n) is 4.76. The largest absolute Gasteiger partial charge is 0.381 e. The van der Waals surface area contributed by atoms with Crippen LogP contribution in [0.5, 0.6) is 0 Å². The van der Waals surface area contributed by atoms with Crippen LogP contribution in [0.1, 0.15) is 6.42 Å². The van der Waals surface area contributed by atoms with Crippen LogP contribution < -0.4 is 10.6 Å². The average Bonchev–Trinajstić information content (AvgIpc) is 2.63. The zero-order valence-corrected chi connectivity index (χ0v) is 10.7. The number of nitrogens with two attached hydrogens (primary N) is 1. The SMILES string of the molecule is Nc1ncc(Br)nc1N1CC(CCl)CC1=O. The van der Waals surface area contributed by atoms with Crippen LogP contribution in [-0.4, -0.2) is 28.3 Å². The summed E-state index contributed by atoms with van der Waals surface area (Å²) in [6, 6.07) is 0. The molecule has 1 fully saturated rings. The smallest absolute Gasteiger partial charge is 0.228 e. The molecule has 0 aliphatic carbocycles.